The first-order chi connectivity index (χ1) is 16.9. The summed E-state index contributed by atoms with van der Waals surface area (Å²) in [5.41, 5.74) is 1.90. The van der Waals surface area contributed by atoms with Crippen molar-refractivity contribution in [1.82, 2.24) is 15.5 Å². The number of urea groups is 1. The number of anilines is 2. The first-order valence-electron chi connectivity index (χ1n) is 10.3. The highest BCUT2D eigenvalue weighted by Crippen LogP contribution is 2.30. The van der Waals surface area contributed by atoms with Gasteiger partial charge in [-0.25, -0.2) is 4.79 Å². The molecule has 0 aliphatic rings. The van der Waals surface area contributed by atoms with Gasteiger partial charge in [0.2, 0.25) is 11.0 Å². The number of benzene rings is 3. The monoisotopic (exact) mass is 545 g/mol. The van der Waals surface area contributed by atoms with E-state index in [4.69, 9.17) is 34.8 Å². The Morgan fingerprint density at radius 1 is 0.857 bits per heavy atom. The summed E-state index contributed by atoms with van der Waals surface area (Å²) in [5.74, 6) is -0.456. The molecule has 1 atom stereocenters. The van der Waals surface area contributed by atoms with Crippen LogP contribution in [0.5, 0.6) is 0 Å². The lowest BCUT2D eigenvalue weighted by molar-refractivity contribution is -0.117. The number of carbonyl (C=O) groups is 2. The predicted molar refractivity (Wildman–Crippen MR) is 142 cm³/mol. The van der Waals surface area contributed by atoms with E-state index in [1.807, 2.05) is 36.4 Å². The summed E-state index contributed by atoms with van der Waals surface area (Å²) in [6, 6.07) is 19.8. The molecular formula is C24H18Cl3N5O2S. The fourth-order valence-corrected chi connectivity index (χ4v) is 4.61. The molecule has 0 bridgehead atoms. The summed E-state index contributed by atoms with van der Waals surface area (Å²) in [7, 11) is 0. The van der Waals surface area contributed by atoms with Crippen LogP contribution in [0.1, 0.15) is 5.56 Å². The van der Waals surface area contributed by atoms with Crippen LogP contribution < -0.4 is 16.0 Å². The number of halogens is 3. The molecule has 0 saturated heterocycles. The topological polar surface area (TPSA) is 96.0 Å². The van der Waals surface area contributed by atoms with Crippen molar-refractivity contribution in [2.75, 3.05) is 10.6 Å². The largest absolute Gasteiger partial charge is 0.326 e. The lowest BCUT2D eigenvalue weighted by atomic mass is 10.1. The molecule has 178 valence electrons. The second kappa shape index (κ2) is 11.5. The standard InChI is InChI=1S/C24H18Cl3N5O2S/c25-16-9-4-8-15(13-16)22-31-32-24(35-22)30-21(33)19(12-14-6-2-1-3-7-14)28-23(34)29-20-17(26)10-5-11-18(20)27/h1-11,13,19H,12H2,(H2,28,29,34)(H,30,32,33)/t19-/m1/s1. The number of aromatic nitrogens is 2. The van der Waals surface area contributed by atoms with E-state index in [0.717, 1.165) is 11.1 Å². The van der Waals surface area contributed by atoms with Crippen LogP contribution in [-0.2, 0) is 11.2 Å². The summed E-state index contributed by atoms with van der Waals surface area (Å²) in [4.78, 5) is 25.9. The molecule has 11 heteroatoms. The maximum Gasteiger partial charge on any atom is 0.319 e. The Kier molecular flexibility index (Phi) is 8.20. The van der Waals surface area contributed by atoms with Crippen molar-refractivity contribution in [2.24, 2.45) is 0 Å². The van der Waals surface area contributed by atoms with E-state index in [1.165, 1.54) is 11.3 Å². The molecule has 0 radical (unpaired) electrons. The molecule has 4 aromatic rings. The lowest BCUT2D eigenvalue weighted by Gasteiger charge is -2.19. The van der Waals surface area contributed by atoms with Crippen LogP contribution in [0.25, 0.3) is 10.6 Å². The molecule has 4 rings (SSSR count). The zero-order valence-corrected chi connectivity index (χ0v) is 21.1. The van der Waals surface area contributed by atoms with Crippen molar-refractivity contribution in [3.05, 3.63) is 93.4 Å². The third kappa shape index (κ3) is 6.70. The van der Waals surface area contributed by atoms with Crippen molar-refractivity contribution in [3.8, 4) is 10.6 Å². The fraction of sp³-hybridized carbons (Fsp3) is 0.0833. The Balaban J connectivity index is 1.50. The highest BCUT2D eigenvalue weighted by atomic mass is 35.5. The number of hydrogen-bond donors (Lipinski definition) is 3. The van der Waals surface area contributed by atoms with Crippen molar-refractivity contribution in [1.29, 1.82) is 0 Å². The zero-order chi connectivity index (χ0) is 24.8. The smallest absolute Gasteiger partial charge is 0.319 e. The minimum atomic E-state index is -0.919. The van der Waals surface area contributed by atoms with Crippen LogP contribution in [0.4, 0.5) is 15.6 Å². The second-order valence-corrected chi connectivity index (χ2v) is 9.58. The first kappa shape index (κ1) is 24.9. The molecule has 1 aromatic heterocycles. The van der Waals surface area contributed by atoms with E-state index in [1.54, 1.807) is 36.4 Å². The lowest BCUT2D eigenvalue weighted by Crippen LogP contribution is -2.47. The second-order valence-electron chi connectivity index (χ2n) is 7.35. The van der Waals surface area contributed by atoms with E-state index >= 15 is 0 Å². The van der Waals surface area contributed by atoms with Gasteiger partial charge in [0.15, 0.2) is 0 Å². The summed E-state index contributed by atoms with van der Waals surface area (Å²) in [6.45, 7) is 0. The minimum Gasteiger partial charge on any atom is -0.326 e. The van der Waals surface area contributed by atoms with Gasteiger partial charge in [0.05, 0.1) is 15.7 Å². The van der Waals surface area contributed by atoms with Gasteiger partial charge in [0.25, 0.3) is 0 Å². The van der Waals surface area contributed by atoms with E-state index in [-0.39, 0.29) is 22.2 Å². The zero-order valence-electron chi connectivity index (χ0n) is 18.0. The van der Waals surface area contributed by atoms with Crippen LogP contribution in [0, 0.1) is 0 Å². The van der Waals surface area contributed by atoms with Crippen LogP contribution in [0.2, 0.25) is 15.1 Å². The van der Waals surface area contributed by atoms with Gasteiger partial charge < -0.3 is 10.6 Å². The van der Waals surface area contributed by atoms with Crippen LogP contribution in [0.3, 0.4) is 0 Å². The predicted octanol–water partition coefficient (Wildman–Crippen LogP) is 6.54. The third-order valence-corrected chi connectivity index (χ3v) is 6.59. The molecule has 0 fully saturated rings. The molecule has 0 aliphatic carbocycles. The van der Waals surface area contributed by atoms with Gasteiger partial charge >= 0.3 is 6.03 Å². The van der Waals surface area contributed by atoms with Crippen LogP contribution >= 0.6 is 46.1 Å². The summed E-state index contributed by atoms with van der Waals surface area (Å²) >= 11 is 19.5. The highest BCUT2D eigenvalue weighted by Gasteiger charge is 2.23. The Morgan fingerprint density at radius 2 is 1.57 bits per heavy atom. The molecule has 3 amide bonds. The third-order valence-electron chi connectivity index (χ3n) is 4.83. The van der Waals surface area contributed by atoms with Crippen molar-refractivity contribution < 1.29 is 9.59 Å². The fourth-order valence-electron chi connectivity index (χ4n) is 3.19. The van der Waals surface area contributed by atoms with Gasteiger partial charge in [-0.1, -0.05) is 94.7 Å². The quantitative estimate of drug-likeness (QED) is 0.245. The average molecular weight is 547 g/mol. The van der Waals surface area contributed by atoms with E-state index in [2.05, 4.69) is 26.1 Å². The summed E-state index contributed by atoms with van der Waals surface area (Å²) < 4.78 is 0. The first-order valence-corrected chi connectivity index (χ1v) is 12.3. The van der Waals surface area contributed by atoms with Crippen molar-refractivity contribution in [3.63, 3.8) is 0 Å². The number of para-hydroxylation sites is 1. The van der Waals surface area contributed by atoms with Crippen molar-refractivity contribution >= 4 is 68.9 Å². The average Bonchev–Trinajstić information content (AvgIpc) is 3.30. The molecule has 1 heterocycles. The summed E-state index contributed by atoms with van der Waals surface area (Å²) in [6.07, 6.45) is 0.246. The number of hydrogen-bond acceptors (Lipinski definition) is 5. The molecule has 3 aromatic carbocycles. The number of nitrogens with one attached hydrogen (secondary N) is 3. The Morgan fingerprint density at radius 3 is 2.29 bits per heavy atom. The molecule has 7 nitrogen and oxygen atoms in total. The van der Waals surface area contributed by atoms with Crippen molar-refractivity contribution in [2.45, 2.75) is 12.5 Å². The number of carbonyl (C=O) groups excluding carboxylic acids is 2. The Labute approximate surface area is 220 Å². The van der Waals surface area contributed by atoms with Crippen LogP contribution in [-0.4, -0.2) is 28.2 Å². The maximum atomic E-state index is 13.2. The minimum absolute atomic E-state index is 0.246. The Bertz CT molecular complexity index is 1330. The van der Waals surface area contributed by atoms with Gasteiger partial charge in [-0.05, 0) is 29.8 Å². The van der Waals surface area contributed by atoms with E-state index in [0.29, 0.717) is 15.2 Å². The van der Waals surface area contributed by atoms with E-state index < -0.39 is 18.0 Å². The van der Waals surface area contributed by atoms with Gasteiger partial charge in [0.1, 0.15) is 11.0 Å². The van der Waals surface area contributed by atoms with Crippen LogP contribution in [0.15, 0.2) is 72.8 Å². The summed E-state index contributed by atoms with van der Waals surface area (Å²) in [5, 5.41) is 18.2. The molecule has 3 N–H and O–H groups in total. The molecule has 0 saturated carbocycles. The SMILES string of the molecule is O=C(Nc1c(Cl)cccc1Cl)N[C@H](Cc1ccccc1)C(=O)Nc1nnc(-c2cccc(Cl)c2)s1. The highest BCUT2D eigenvalue weighted by molar-refractivity contribution is 7.18. The van der Waals surface area contributed by atoms with Gasteiger partial charge in [-0.15, -0.1) is 10.2 Å². The number of rotatable bonds is 7. The molecule has 35 heavy (non-hydrogen) atoms. The molecule has 0 aliphatic heterocycles. The van der Waals surface area contributed by atoms with Gasteiger partial charge in [-0.2, -0.15) is 0 Å². The molecular weight excluding hydrogens is 529 g/mol. The van der Waals surface area contributed by atoms with Gasteiger partial charge in [0, 0.05) is 17.0 Å². The molecule has 0 spiro atoms. The van der Waals surface area contributed by atoms with Gasteiger partial charge in [-0.3, -0.25) is 10.1 Å². The molecule has 0 unspecified atom stereocenters. The maximum absolute atomic E-state index is 13.2. The normalized spacial score (nSPS) is 11.5. The van der Waals surface area contributed by atoms with E-state index in [9.17, 15) is 9.59 Å². The Hall–Kier alpha value is -3.17. The number of nitrogens with zero attached hydrogens (tertiary/aromatic N) is 2. The number of amides is 3.